The van der Waals surface area contributed by atoms with Crippen molar-refractivity contribution < 1.29 is 23.4 Å². The standard InChI is InChI=1S/C22H24FN5O4/c1-30-11-14-10-28-20-18(9-25-28)13-5-15(23)7-16(6-13)24-3-4-27-17(12-32-21(14)26-20)8-19(31-2)22(27)29/h5-7,9-10,17,19,24H,3-4,8,11-12H2,1-2H3/t17-,19+/m0/s1. The number of nitrogens with zero attached hydrogens (tertiary/aromatic N) is 4. The first-order valence-electron chi connectivity index (χ1n) is 10.4. The van der Waals surface area contributed by atoms with Crippen molar-refractivity contribution >= 4 is 17.2 Å². The minimum absolute atomic E-state index is 0.0754. The fourth-order valence-corrected chi connectivity index (χ4v) is 4.35. The molecule has 4 heterocycles. The largest absolute Gasteiger partial charge is 0.475 e. The molecule has 32 heavy (non-hydrogen) atoms. The highest BCUT2D eigenvalue weighted by Crippen LogP contribution is 2.30. The van der Waals surface area contributed by atoms with E-state index < -0.39 is 6.10 Å². The number of nitrogens with one attached hydrogen (secondary N) is 1. The van der Waals surface area contributed by atoms with Crippen LogP contribution in [0.5, 0.6) is 5.88 Å². The minimum Gasteiger partial charge on any atom is -0.475 e. The summed E-state index contributed by atoms with van der Waals surface area (Å²) in [6.45, 7) is 1.46. The van der Waals surface area contributed by atoms with Crippen LogP contribution in [0.1, 0.15) is 12.0 Å². The van der Waals surface area contributed by atoms with Gasteiger partial charge >= 0.3 is 0 Å². The third-order valence-electron chi connectivity index (χ3n) is 5.90. The Morgan fingerprint density at radius 2 is 2.19 bits per heavy atom. The molecule has 2 aromatic heterocycles. The van der Waals surface area contributed by atoms with Gasteiger partial charge < -0.3 is 24.4 Å². The van der Waals surface area contributed by atoms with E-state index in [0.717, 1.165) is 5.56 Å². The second-order valence-corrected chi connectivity index (χ2v) is 7.94. The molecule has 0 spiro atoms. The Morgan fingerprint density at radius 1 is 1.31 bits per heavy atom. The van der Waals surface area contributed by atoms with Gasteiger partial charge in [-0.1, -0.05) is 0 Å². The average Bonchev–Trinajstić information content (AvgIpc) is 3.32. The molecule has 0 radical (unpaired) electrons. The van der Waals surface area contributed by atoms with E-state index in [0.29, 0.717) is 47.9 Å². The maximum Gasteiger partial charge on any atom is 0.252 e. The summed E-state index contributed by atoms with van der Waals surface area (Å²) in [5.41, 5.74) is 3.23. The number of methoxy groups -OCH3 is 2. The fourth-order valence-electron chi connectivity index (χ4n) is 4.35. The summed E-state index contributed by atoms with van der Waals surface area (Å²) in [4.78, 5) is 19.2. The Balaban J connectivity index is 1.62. The number of carbonyl (C=O) groups excluding carboxylic acids is 1. The summed E-state index contributed by atoms with van der Waals surface area (Å²) >= 11 is 0. The van der Waals surface area contributed by atoms with Gasteiger partial charge in [-0.15, -0.1) is 0 Å². The van der Waals surface area contributed by atoms with Crippen molar-refractivity contribution in [2.24, 2.45) is 0 Å². The zero-order chi connectivity index (χ0) is 22.2. The van der Waals surface area contributed by atoms with Crippen LogP contribution in [0.4, 0.5) is 10.1 Å². The van der Waals surface area contributed by atoms with E-state index in [9.17, 15) is 9.18 Å². The molecule has 4 bridgehead atoms. The van der Waals surface area contributed by atoms with E-state index in [1.165, 1.54) is 19.2 Å². The molecule has 2 aliphatic heterocycles. The van der Waals surface area contributed by atoms with Crippen molar-refractivity contribution in [2.75, 3.05) is 39.2 Å². The molecule has 2 aliphatic rings. The number of benzene rings is 1. The van der Waals surface area contributed by atoms with Crippen LogP contribution in [-0.4, -0.2) is 71.5 Å². The molecule has 2 atom stereocenters. The van der Waals surface area contributed by atoms with E-state index in [4.69, 9.17) is 19.2 Å². The quantitative estimate of drug-likeness (QED) is 0.666. The fraction of sp³-hybridized carbons (Fsp3) is 0.409. The summed E-state index contributed by atoms with van der Waals surface area (Å²) in [6, 6.07) is 4.56. The Hall–Kier alpha value is -3.24. The van der Waals surface area contributed by atoms with Crippen molar-refractivity contribution in [3.8, 4) is 17.0 Å². The molecule has 0 aliphatic carbocycles. The van der Waals surface area contributed by atoms with Crippen LogP contribution in [0, 0.1) is 5.82 Å². The Labute approximate surface area is 184 Å². The van der Waals surface area contributed by atoms with Crippen molar-refractivity contribution in [1.82, 2.24) is 19.5 Å². The van der Waals surface area contributed by atoms with Gasteiger partial charge in [0.05, 0.1) is 24.4 Å². The normalized spacial score (nSPS) is 20.7. The zero-order valence-corrected chi connectivity index (χ0v) is 17.9. The highest BCUT2D eigenvalue weighted by molar-refractivity contribution is 5.84. The minimum atomic E-state index is -0.504. The number of rotatable bonds is 3. The summed E-state index contributed by atoms with van der Waals surface area (Å²) in [7, 11) is 3.13. The van der Waals surface area contributed by atoms with Crippen LogP contribution in [0.25, 0.3) is 16.8 Å². The van der Waals surface area contributed by atoms with Gasteiger partial charge in [0.25, 0.3) is 5.91 Å². The summed E-state index contributed by atoms with van der Waals surface area (Å²) < 4.78 is 32.8. The van der Waals surface area contributed by atoms with E-state index in [1.54, 1.807) is 28.9 Å². The van der Waals surface area contributed by atoms with Gasteiger partial charge in [0.15, 0.2) is 5.65 Å². The second-order valence-electron chi connectivity index (χ2n) is 7.94. The molecule has 10 heteroatoms. The number of amides is 1. The number of anilines is 1. The maximum absolute atomic E-state index is 14.4. The molecule has 5 rings (SSSR count). The molecule has 1 N–H and O–H groups in total. The topological polar surface area (TPSA) is 90.2 Å². The first-order chi connectivity index (χ1) is 15.6. The molecule has 1 fully saturated rings. The summed E-state index contributed by atoms with van der Waals surface area (Å²) in [5, 5.41) is 7.61. The third-order valence-corrected chi connectivity index (χ3v) is 5.90. The molecule has 0 unspecified atom stereocenters. The van der Waals surface area contributed by atoms with E-state index in [2.05, 4.69) is 10.4 Å². The molecule has 3 aromatic rings. The van der Waals surface area contributed by atoms with Gasteiger partial charge in [0.2, 0.25) is 5.88 Å². The van der Waals surface area contributed by atoms with Crippen molar-refractivity contribution in [1.29, 1.82) is 0 Å². The zero-order valence-electron chi connectivity index (χ0n) is 17.9. The number of carbonyl (C=O) groups is 1. The number of fused-ring (bicyclic) bond motifs is 5. The van der Waals surface area contributed by atoms with Crippen molar-refractivity contribution in [3.63, 3.8) is 0 Å². The van der Waals surface area contributed by atoms with E-state index >= 15 is 0 Å². The Bertz CT molecular complexity index is 1170. The van der Waals surface area contributed by atoms with Crippen LogP contribution >= 0.6 is 0 Å². The molecule has 1 aromatic carbocycles. The first-order valence-corrected chi connectivity index (χ1v) is 10.4. The Kier molecular flexibility index (Phi) is 5.40. The highest BCUT2D eigenvalue weighted by atomic mass is 19.1. The van der Waals surface area contributed by atoms with Gasteiger partial charge in [-0.2, -0.15) is 10.1 Å². The van der Waals surface area contributed by atoms with E-state index in [1.807, 2.05) is 6.07 Å². The number of ether oxygens (including phenoxy) is 3. The van der Waals surface area contributed by atoms with Gasteiger partial charge in [0, 0.05) is 51.2 Å². The number of halogens is 1. The lowest BCUT2D eigenvalue weighted by Crippen LogP contribution is -2.41. The summed E-state index contributed by atoms with van der Waals surface area (Å²) in [6.07, 6.45) is 3.48. The lowest BCUT2D eigenvalue weighted by Gasteiger charge is -2.25. The molecule has 9 nitrogen and oxygen atoms in total. The summed E-state index contributed by atoms with van der Waals surface area (Å²) in [5.74, 6) is -0.0480. The first kappa shape index (κ1) is 20.7. The van der Waals surface area contributed by atoms with Gasteiger partial charge in [-0.3, -0.25) is 4.79 Å². The Morgan fingerprint density at radius 3 is 3.00 bits per heavy atom. The molecule has 168 valence electrons. The molecular formula is C22H24FN5O4. The number of hydrogen-bond acceptors (Lipinski definition) is 7. The van der Waals surface area contributed by atoms with Crippen molar-refractivity contribution in [2.45, 2.75) is 25.2 Å². The second kappa shape index (κ2) is 8.36. The number of hydrogen-bond donors (Lipinski definition) is 1. The van der Waals surface area contributed by atoms with E-state index in [-0.39, 0.29) is 31.0 Å². The SMILES string of the molecule is COCc1cn2ncc3c2nc1OC[C@@H]1C[C@@H](OC)C(=O)N1CCNc1cc(F)cc-3c1. The lowest BCUT2D eigenvalue weighted by atomic mass is 10.1. The maximum atomic E-state index is 14.4. The molecular weight excluding hydrogens is 417 g/mol. The number of aromatic nitrogens is 3. The van der Waals surface area contributed by atoms with Gasteiger partial charge in [-0.25, -0.2) is 8.91 Å². The van der Waals surface area contributed by atoms with Gasteiger partial charge in [-0.05, 0) is 23.8 Å². The van der Waals surface area contributed by atoms with Crippen LogP contribution in [0.3, 0.4) is 0 Å². The predicted octanol–water partition coefficient (Wildman–Crippen LogP) is 2.10. The molecule has 1 saturated heterocycles. The smallest absolute Gasteiger partial charge is 0.252 e. The molecule has 1 amide bonds. The predicted molar refractivity (Wildman–Crippen MR) is 114 cm³/mol. The van der Waals surface area contributed by atoms with Gasteiger partial charge in [0.1, 0.15) is 18.5 Å². The highest BCUT2D eigenvalue weighted by Gasteiger charge is 2.40. The van der Waals surface area contributed by atoms with Crippen molar-refractivity contribution in [3.05, 3.63) is 42.0 Å². The third kappa shape index (κ3) is 3.65. The average molecular weight is 441 g/mol. The monoisotopic (exact) mass is 441 g/mol. The van der Waals surface area contributed by atoms with Crippen LogP contribution in [-0.2, 0) is 20.9 Å². The lowest BCUT2D eigenvalue weighted by molar-refractivity contribution is -0.136. The van der Waals surface area contributed by atoms with Crippen LogP contribution in [0.15, 0.2) is 30.6 Å². The van der Waals surface area contributed by atoms with Crippen LogP contribution < -0.4 is 10.1 Å². The van der Waals surface area contributed by atoms with Crippen LogP contribution in [0.2, 0.25) is 0 Å². The molecule has 0 saturated carbocycles.